The minimum absolute atomic E-state index is 0.0952. The molecule has 104 valence electrons. The third kappa shape index (κ3) is 3.23. The Hall–Kier alpha value is -1.62. The summed E-state index contributed by atoms with van der Waals surface area (Å²) in [6.45, 7) is 5.65. The number of hydrogen-bond acceptors (Lipinski definition) is 4. The third-order valence-electron chi connectivity index (χ3n) is 3.97. The summed E-state index contributed by atoms with van der Waals surface area (Å²) in [5, 5.41) is 7.49. The van der Waals surface area contributed by atoms with Crippen LogP contribution < -0.4 is 10.6 Å². The maximum atomic E-state index is 7.49. The molecule has 2 heterocycles. The van der Waals surface area contributed by atoms with Crippen LogP contribution in [0.1, 0.15) is 25.3 Å². The minimum Gasteiger partial charge on any atom is -0.384 e. The summed E-state index contributed by atoms with van der Waals surface area (Å²) in [5.74, 6) is 1.00. The Balaban J connectivity index is 2.05. The molecule has 1 aliphatic heterocycles. The van der Waals surface area contributed by atoms with Crippen molar-refractivity contribution in [3.8, 4) is 0 Å². The molecule has 1 aliphatic rings. The number of anilines is 1. The minimum atomic E-state index is 0.0952. The largest absolute Gasteiger partial charge is 0.384 e. The Bertz CT molecular complexity index is 437. The Morgan fingerprint density at radius 1 is 1.53 bits per heavy atom. The Morgan fingerprint density at radius 3 is 2.79 bits per heavy atom. The molecular formula is C14H23N5. The van der Waals surface area contributed by atoms with Crippen molar-refractivity contribution in [1.82, 2.24) is 9.88 Å². The number of amidine groups is 1. The summed E-state index contributed by atoms with van der Waals surface area (Å²) in [7, 11) is 2.08. The molecule has 0 aliphatic carbocycles. The summed E-state index contributed by atoms with van der Waals surface area (Å²) in [4.78, 5) is 9.09. The smallest absolute Gasteiger partial charge is 0.129 e. The topological polar surface area (TPSA) is 69.2 Å². The number of nitrogen functional groups attached to an aromatic ring is 1. The zero-order chi connectivity index (χ0) is 13.8. The summed E-state index contributed by atoms with van der Waals surface area (Å²) in [6, 6.07) is 4.20. The van der Waals surface area contributed by atoms with Gasteiger partial charge in [0.05, 0.1) is 0 Å². The van der Waals surface area contributed by atoms with Gasteiger partial charge in [0.1, 0.15) is 11.7 Å². The molecule has 1 aromatic heterocycles. The monoisotopic (exact) mass is 261 g/mol. The van der Waals surface area contributed by atoms with Crippen LogP contribution in [-0.4, -0.2) is 48.4 Å². The molecule has 3 N–H and O–H groups in total. The fourth-order valence-electron chi connectivity index (χ4n) is 2.59. The van der Waals surface area contributed by atoms with Gasteiger partial charge in [0.15, 0.2) is 0 Å². The maximum Gasteiger partial charge on any atom is 0.129 e. The van der Waals surface area contributed by atoms with Crippen LogP contribution in [0.25, 0.3) is 0 Å². The van der Waals surface area contributed by atoms with Crippen LogP contribution in [-0.2, 0) is 0 Å². The highest BCUT2D eigenvalue weighted by Crippen LogP contribution is 2.20. The van der Waals surface area contributed by atoms with Crippen molar-refractivity contribution in [3.05, 3.63) is 23.9 Å². The highest BCUT2D eigenvalue weighted by atomic mass is 15.2. The van der Waals surface area contributed by atoms with Crippen LogP contribution in [0, 0.1) is 5.41 Å². The molecule has 0 radical (unpaired) electrons. The van der Waals surface area contributed by atoms with Crippen molar-refractivity contribution in [2.24, 2.45) is 5.73 Å². The maximum absolute atomic E-state index is 7.49. The fourth-order valence-corrected chi connectivity index (χ4v) is 2.59. The SMILES string of the molecule is CCN1CCC(N(C)c2cc(C(=N)N)ccn2)CC1. The van der Waals surface area contributed by atoms with Gasteiger partial charge in [-0.05, 0) is 31.5 Å². The van der Waals surface area contributed by atoms with E-state index in [4.69, 9.17) is 11.1 Å². The second-order valence-corrected chi connectivity index (χ2v) is 5.09. The van der Waals surface area contributed by atoms with E-state index in [1.807, 2.05) is 6.07 Å². The quantitative estimate of drug-likeness (QED) is 0.633. The van der Waals surface area contributed by atoms with E-state index in [1.165, 1.54) is 0 Å². The highest BCUT2D eigenvalue weighted by Gasteiger charge is 2.22. The lowest BCUT2D eigenvalue weighted by atomic mass is 10.0. The second-order valence-electron chi connectivity index (χ2n) is 5.09. The van der Waals surface area contributed by atoms with Crippen LogP contribution in [0.15, 0.2) is 18.3 Å². The van der Waals surface area contributed by atoms with Gasteiger partial charge in [-0.3, -0.25) is 5.41 Å². The van der Waals surface area contributed by atoms with E-state index in [0.717, 1.165) is 43.9 Å². The molecule has 1 aromatic rings. The van der Waals surface area contributed by atoms with Gasteiger partial charge in [-0.2, -0.15) is 0 Å². The Kier molecular flexibility index (Phi) is 4.37. The van der Waals surface area contributed by atoms with E-state index in [9.17, 15) is 0 Å². The van der Waals surface area contributed by atoms with Gasteiger partial charge in [0.2, 0.25) is 0 Å². The van der Waals surface area contributed by atoms with E-state index < -0.39 is 0 Å². The second kappa shape index (κ2) is 6.02. The van der Waals surface area contributed by atoms with Crippen molar-refractivity contribution in [2.45, 2.75) is 25.8 Å². The van der Waals surface area contributed by atoms with Crippen LogP contribution in [0.4, 0.5) is 5.82 Å². The van der Waals surface area contributed by atoms with Crippen LogP contribution in [0.2, 0.25) is 0 Å². The molecule has 0 unspecified atom stereocenters. The van der Waals surface area contributed by atoms with Crippen molar-refractivity contribution in [1.29, 1.82) is 5.41 Å². The van der Waals surface area contributed by atoms with E-state index >= 15 is 0 Å². The molecule has 0 atom stereocenters. The molecule has 0 spiro atoms. The molecular weight excluding hydrogens is 238 g/mol. The van der Waals surface area contributed by atoms with Gasteiger partial charge in [-0.15, -0.1) is 0 Å². The fraction of sp³-hybridized carbons (Fsp3) is 0.571. The van der Waals surface area contributed by atoms with Crippen molar-refractivity contribution in [2.75, 3.05) is 31.6 Å². The van der Waals surface area contributed by atoms with Gasteiger partial charge in [0.25, 0.3) is 0 Å². The normalized spacial score (nSPS) is 17.4. The average molecular weight is 261 g/mol. The lowest BCUT2D eigenvalue weighted by molar-refractivity contribution is 0.220. The van der Waals surface area contributed by atoms with Gasteiger partial charge >= 0.3 is 0 Å². The first-order chi connectivity index (χ1) is 9.11. The molecule has 0 bridgehead atoms. The van der Waals surface area contributed by atoms with E-state index in [2.05, 4.69) is 28.8 Å². The summed E-state index contributed by atoms with van der Waals surface area (Å²) < 4.78 is 0. The molecule has 1 fully saturated rings. The number of pyridine rings is 1. The van der Waals surface area contributed by atoms with Crippen molar-refractivity contribution >= 4 is 11.7 Å². The predicted molar refractivity (Wildman–Crippen MR) is 78.8 cm³/mol. The number of nitrogens with one attached hydrogen (secondary N) is 1. The van der Waals surface area contributed by atoms with Crippen LogP contribution in [0.3, 0.4) is 0 Å². The zero-order valence-corrected chi connectivity index (χ0v) is 11.8. The van der Waals surface area contributed by atoms with Gasteiger partial charge < -0.3 is 15.5 Å². The molecule has 5 heteroatoms. The molecule has 0 amide bonds. The summed E-state index contributed by atoms with van der Waals surface area (Å²) in [5.41, 5.74) is 6.27. The van der Waals surface area contributed by atoms with E-state index in [0.29, 0.717) is 6.04 Å². The summed E-state index contributed by atoms with van der Waals surface area (Å²) in [6.07, 6.45) is 4.05. The van der Waals surface area contributed by atoms with E-state index in [-0.39, 0.29) is 5.84 Å². The molecule has 1 saturated heterocycles. The van der Waals surface area contributed by atoms with Crippen LogP contribution >= 0.6 is 0 Å². The number of nitrogens with zero attached hydrogens (tertiary/aromatic N) is 3. The first-order valence-corrected chi connectivity index (χ1v) is 6.87. The molecule has 2 rings (SSSR count). The molecule has 0 saturated carbocycles. The van der Waals surface area contributed by atoms with Crippen LogP contribution in [0.5, 0.6) is 0 Å². The predicted octanol–water partition coefficient (Wildman–Crippen LogP) is 1.29. The molecule has 0 aromatic carbocycles. The Labute approximate surface area is 114 Å². The number of hydrogen-bond donors (Lipinski definition) is 2. The van der Waals surface area contributed by atoms with Crippen molar-refractivity contribution < 1.29 is 0 Å². The van der Waals surface area contributed by atoms with Gasteiger partial charge in [-0.1, -0.05) is 6.92 Å². The number of aromatic nitrogens is 1. The number of nitrogens with two attached hydrogens (primary N) is 1. The average Bonchev–Trinajstić information content (AvgIpc) is 2.46. The zero-order valence-electron chi connectivity index (χ0n) is 11.8. The lowest BCUT2D eigenvalue weighted by Crippen LogP contribution is -2.43. The number of rotatable bonds is 4. The molecule has 19 heavy (non-hydrogen) atoms. The Morgan fingerprint density at radius 2 is 2.21 bits per heavy atom. The van der Waals surface area contributed by atoms with Crippen molar-refractivity contribution in [3.63, 3.8) is 0 Å². The number of likely N-dealkylation sites (tertiary alicyclic amines) is 1. The highest BCUT2D eigenvalue weighted by molar-refractivity contribution is 5.95. The van der Waals surface area contributed by atoms with Gasteiger partial charge in [0, 0.05) is 37.9 Å². The van der Waals surface area contributed by atoms with E-state index in [1.54, 1.807) is 12.3 Å². The first kappa shape index (κ1) is 13.8. The first-order valence-electron chi connectivity index (χ1n) is 6.87. The number of piperidine rings is 1. The molecule has 5 nitrogen and oxygen atoms in total. The lowest BCUT2D eigenvalue weighted by Gasteiger charge is -2.36. The third-order valence-corrected chi connectivity index (χ3v) is 3.97. The van der Waals surface area contributed by atoms with Gasteiger partial charge in [-0.25, -0.2) is 4.98 Å². The standard InChI is InChI=1S/C14H23N5/c1-3-19-8-5-12(6-9-19)18(2)13-10-11(14(15)16)4-7-17-13/h4,7,10,12H,3,5-6,8-9H2,1-2H3,(H3,15,16). The summed E-state index contributed by atoms with van der Waals surface area (Å²) >= 11 is 0.